The van der Waals surface area contributed by atoms with Crippen LogP contribution in [0.15, 0.2) is 89.2 Å². The Kier molecular flexibility index (Phi) is 15.6. The Hall–Kier alpha value is -4.22. The van der Waals surface area contributed by atoms with Crippen LogP contribution >= 0.6 is 23.2 Å². The molecule has 52 heavy (non-hydrogen) atoms. The van der Waals surface area contributed by atoms with Gasteiger partial charge in [-0.05, 0) is 86.9 Å². The predicted octanol–water partition coefficient (Wildman–Crippen LogP) is 8.13. The van der Waals surface area contributed by atoms with E-state index >= 15 is 0 Å². The van der Waals surface area contributed by atoms with E-state index in [1.807, 2.05) is 0 Å². The minimum absolute atomic E-state index is 0.151. The van der Waals surface area contributed by atoms with Crippen molar-refractivity contribution in [1.82, 2.24) is 4.90 Å². The van der Waals surface area contributed by atoms with Crippen LogP contribution in [0.5, 0.6) is 0 Å². The first-order valence-corrected chi connectivity index (χ1v) is 18.1. The Bertz CT molecular complexity index is 2160. The molecule has 0 heterocycles. The fourth-order valence-electron chi connectivity index (χ4n) is 4.18. The van der Waals surface area contributed by atoms with Crippen LogP contribution in [0.2, 0.25) is 10.0 Å². The monoisotopic (exact) mass is 811 g/mol. The molecule has 0 saturated heterocycles. The second-order valence-electron chi connectivity index (χ2n) is 10.7. The summed E-state index contributed by atoms with van der Waals surface area (Å²) in [6.45, 7) is 5.33. The van der Waals surface area contributed by atoms with E-state index in [0.717, 1.165) is 12.1 Å². The van der Waals surface area contributed by atoms with Crippen molar-refractivity contribution in [2.45, 2.75) is 28.9 Å². The number of benzene rings is 4. The van der Waals surface area contributed by atoms with Crippen LogP contribution in [0.3, 0.4) is 0 Å². The number of hydrogen-bond donors (Lipinski definition) is 0. The lowest BCUT2D eigenvalue weighted by Crippen LogP contribution is -2.28. The number of likely N-dealkylation sites (N-methyl/N-ethyl adjacent to an activating group) is 1. The fourth-order valence-corrected chi connectivity index (χ4v) is 7.53. The molecule has 0 aliphatic heterocycles. The third-order valence-electron chi connectivity index (χ3n) is 6.51. The van der Waals surface area contributed by atoms with Crippen LogP contribution in [-0.4, -0.2) is 54.3 Å². The maximum absolute atomic E-state index is 14.2. The first kappa shape index (κ1) is 43.9. The van der Waals surface area contributed by atoms with Gasteiger partial charge in [0.2, 0.25) is 9.84 Å². The average molecular weight is 813 g/mol. The number of ether oxygens (including phenoxy) is 1. The number of esters is 2. The average Bonchev–Trinajstić information content (AvgIpc) is 3.04. The Morgan fingerprint density at radius 1 is 0.673 bits per heavy atom. The van der Waals surface area contributed by atoms with E-state index < -0.39 is 87.8 Å². The number of sulfone groups is 2. The molecule has 0 amide bonds. The van der Waals surface area contributed by atoms with Crippen LogP contribution in [0.1, 0.15) is 30.2 Å². The summed E-state index contributed by atoms with van der Waals surface area (Å²) in [5.41, 5.74) is -1.82. The van der Waals surface area contributed by atoms with E-state index in [4.69, 9.17) is 23.2 Å². The number of carbonyl (C=O) groups excluding carboxylic acids is 2. The number of rotatable bonds is 8. The van der Waals surface area contributed by atoms with E-state index in [9.17, 15) is 52.8 Å². The van der Waals surface area contributed by atoms with Gasteiger partial charge in [0.25, 0.3) is 0 Å². The molecule has 4 aromatic carbocycles. The van der Waals surface area contributed by atoms with Gasteiger partial charge in [-0.15, -0.1) is 0 Å². The largest absolute Gasteiger partial charge is 0.394 e. The molecule has 8 nitrogen and oxygen atoms in total. The zero-order chi connectivity index (χ0) is 39.7. The normalized spacial score (nSPS) is 11.8. The Morgan fingerprint density at radius 3 is 1.50 bits per heavy atom. The number of hydrogen-bond acceptors (Lipinski definition) is 8. The van der Waals surface area contributed by atoms with Gasteiger partial charge in [-0.2, -0.15) is 0 Å². The third-order valence-corrected chi connectivity index (χ3v) is 10.8. The molecule has 0 aromatic heterocycles. The minimum Gasteiger partial charge on any atom is -0.394 e. The van der Waals surface area contributed by atoms with E-state index in [-0.39, 0.29) is 16.3 Å². The van der Waals surface area contributed by atoms with E-state index in [1.165, 1.54) is 55.1 Å². The molecule has 0 aliphatic rings. The molecule has 280 valence electrons. The van der Waals surface area contributed by atoms with Gasteiger partial charge in [-0.3, -0.25) is 9.59 Å². The summed E-state index contributed by atoms with van der Waals surface area (Å²) in [5, 5.41) is -0.992. The van der Waals surface area contributed by atoms with Crippen molar-refractivity contribution in [1.29, 1.82) is 0 Å². The van der Waals surface area contributed by atoms with Crippen molar-refractivity contribution >= 4 is 59.7 Å². The number of halogens is 8. The lowest BCUT2D eigenvalue weighted by molar-refractivity contribution is -0.156. The topological polar surface area (TPSA) is 115 Å². The summed E-state index contributed by atoms with van der Waals surface area (Å²) >= 11 is 11.4. The summed E-state index contributed by atoms with van der Waals surface area (Å²) in [6.07, 6.45) is 0. The van der Waals surface area contributed by atoms with Crippen molar-refractivity contribution in [2.75, 3.05) is 20.6 Å². The SMILES string of the molecule is C=C(c1c(F)ccc(F)c1F)S(=O)(=O)c1ccc(Cl)cc1.CC(=O)OC(C)=O.CN(C)CC(c1c(F)ccc(F)c1F)S(=O)(=O)c1ccc(Cl)cc1. The van der Waals surface area contributed by atoms with Gasteiger partial charge >= 0.3 is 11.9 Å². The van der Waals surface area contributed by atoms with Gasteiger partial charge in [-0.25, -0.2) is 43.2 Å². The Morgan fingerprint density at radius 2 is 1.08 bits per heavy atom. The molecular weight excluding hydrogens is 783 g/mol. The summed E-state index contributed by atoms with van der Waals surface area (Å²) in [6, 6.07) is 12.7. The summed E-state index contributed by atoms with van der Waals surface area (Å²) in [5.74, 6) is -9.22. The summed E-state index contributed by atoms with van der Waals surface area (Å²) in [7, 11) is -5.33. The fraction of sp³-hybridized carbons (Fsp3) is 0.176. The minimum atomic E-state index is -4.27. The number of nitrogens with zero attached hydrogens (tertiary/aromatic N) is 1. The van der Waals surface area contributed by atoms with Gasteiger partial charge in [-0.1, -0.05) is 29.8 Å². The molecule has 0 radical (unpaired) electrons. The highest BCUT2D eigenvalue weighted by Crippen LogP contribution is 2.34. The predicted molar refractivity (Wildman–Crippen MR) is 183 cm³/mol. The van der Waals surface area contributed by atoms with Crippen LogP contribution in [0.25, 0.3) is 4.91 Å². The first-order chi connectivity index (χ1) is 24.0. The number of carbonyl (C=O) groups is 2. The summed E-state index contributed by atoms with van der Waals surface area (Å²) < 4.78 is 137. The van der Waals surface area contributed by atoms with Crippen molar-refractivity contribution in [3.63, 3.8) is 0 Å². The molecule has 1 atom stereocenters. The van der Waals surface area contributed by atoms with Crippen molar-refractivity contribution < 1.29 is 57.5 Å². The molecule has 4 rings (SSSR count). The van der Waals surface area contributed by atoms with Crippen molar-refractivity contribution in [3.8, 4) is 0 Å². The van der Waals surface area contributed by atoms with Gasteiger partial charge in [0.15, 0.2) is 33.1 Å². The second-order valence-corrected chi connectivity index (χ2v) is 15.7. The molecule has 0 saturated carbocycles. The van der Waals surface area contributed by atoms with Crippen LogP contribution < -0.4 is 0 Å². The molecule has 0 bridgehead atoms. The highest BCUT2D eigenvalue weighted by Gasteiger charge is 2.35. The molecule has 0 fully saturated rings. The molecule has 0 N–H and O–H groups in total. The standard InChI is InChI=1S/C16H15ClF3NO2S.C14H8ClF3O2S.C4H6O3/c1-21(2)9-14(15-12(18)7-8-13(19)16(15)20)24(22,23)11-5-3-10(17)4-6-11;1-8(13-11(16)6-7-12(17)14(13)18)21(19,20)10-4-2-9(15)3-5-10;1-3(5)7-4(2)6/h3-8,14H,9H2,1-2H3;2-7H,1H2;1-2H3. The van der Waals surface area contributed by atoms with E-state index in [0.29, 0.717) is 34.3 Å². The highest BCUT2D eigenvalue weighted by molar-refractivity contribution is 8.00. The van der Waals surface area contributed by atoms with Gasteiger partial charge in [0.1, 0.15) is 16.9 Å². The summed E-state index contributed by atoms with van der Waals surface area (Å²) in [4.78, 5) is 19.8. The zero-order valence-electron chi connectivity index (χ0n) is 27.6. The molecule has 4 aromatic rings. The first-order valence-electron chi connectivity index (χ1n) is 14.3. The highest BCUT2D eigenvalue weighted by atomic mass is 35.5. The Labute approximate surface area is 306 Å². The molecule has 1 unspecified atom stereocenters. The van der Waals surface area contributed by atoms with E-state index in [2.05, 4.69) is 11.3 Å². The third kappa shape index (κ3) is 11.4. The van der Waals surface area contributed by atoms with Gasteiger partial charge in [0.05, 0.1) is 20.3 Å². The maximum atomic E-state index is 14.2. The Balaban J connectivity index is 0.000000307. The van der Waals surface area contributed by atoms with Crippen LogP contribution in [-0.2, 0) is 34.0 Å². The van der Waals surface area contributed by atoms with Crippen molar-refractivity contribution in [2.24, 2.45) is 0 Å². The van der Waals surface area contributed by atoms with Gasteiger partial charge < -0.3 is 9.64 Å². The van der Waals surface area contributed by atoms with Crippen molar-refractivity contribution in [3.05, 3.63) is 135 Å². The van der Waals surface area contributed by atoms with Crippen LogP contribution in [0.4, 0.5) is 26.3 Å². The maximum Gasteiger partial charge on any atom is 0.310 e. The van der Waals surface area contributed by atoms with E-state index in [1.54, 1.807) is 14.1 Å². The lowest BCUT2D eigenvalue weighted by Gasteiger charge is -2.23. The molecule has 18 heteroatoms. The molecule has 0 aliphatic carbocycles. The zero-order valence-corrected chi connectivity index (χ0v) is 30.7. The lowest BCUT2D eigenvalue weighted by atomic mass is 10.1. The smallest absolute Gasteiger partial charge is 0.310 e. The molecule has 0 spiro atoms. The second kappa shape index (κ2) is 18.5. The van der Waals surface area contributed by atoms with Gasteiger partial charge in [0, 0.05) is 36.0 Å². The molecular formula is C34H29Cl2F6NO7S2. The quantitative estimate of drug-likeness (QED) is 0.0759. The van der Waals surface area contributed by atoms with Crippen LogP contribution in [0, 0.1) is 34.9 Å².